The first-order valence-corrected chi connectivity index (χ1v) is 8.34. The van der Waals surface area contributed by atoms with Gasteiger partial charge < -0.3 is 24.3 Å². The van der Waals surface area contributed by atoms with Gasteiger partial charge >= 0.3 is 6.03 Å². The van der Waals surface area contributed by atoms with Crippen molar-refractivity contribution in [1.82, 2.24) is 10.1 Å². The lowest BCUT2D eigenvalue weighted by molar-refractivity contribution is 0.110. The van der Waals surface area contributed by atoms with Crippen molar-refractivity contribution in [3.63, 3.8) is 0 Å². The maximum absolute atomic E-state index is 12.7. The lowest BCUT2D eigenvalue weighted by Gasteiger charge is -2.26. The van der Waals surface area contributed by atoms with Crippen molar-refractivity contribution in [1.29, 1.82) is 0 Å². The Labute approximate surface area is 140 Å². The number of amides is 2. The monoisotopic (exact) mass is 333 g/mol. The molecule has 1 saturated heterocycles. The molecule has 2 atom stereocenters. The summed E-state index contributed by atoms with van der Waals surface area (Å²) in [5.41, 5.74) is 1.33. The highest BCUT2D eigenvalue weighted by Crippen LogP contribution is 2.29. The number of aryl methyl sites for hydroxylation is 2. The van der Waals surface area contributed by atoms with E-state index in [4.69, 9.17) is 8.94 Å². The lowest BCUT2D eigenvalue weighted by atomic mass is 10.1. The number of furan rings is 1. The Morgan fingerprint density at radius 2 is 2.42 bits per heavy atom. The molecule has 1 aliphatic rings. The molecule has 7 nitrogen and oxygen atoms in total. The van der Waals surface area contributed by atoms with Crippen molar-refractivity contribution >= 4 is 11.7 Å². The second-order valence-electron chi connectivity index (χ2n) is 6.11. The molecule has 24 heavy (non-hydrogen) atoms. The zero-order valence-corrected chi connectivity index (χ0v) is 14.0. The summed E-state index contributed by atoms with van der Waals surface area (Å²) in [6, 6.07) is 3.30. The van der Waals surface area contributed by atoms with Crippen LogP contribution in [0.1, 0.15) is 49.5 Å². The van der Waals surface area contributed by atoms with Crippen molar-refractivity contribution in [2.45, 2.75) is 51.7 Å². The van der Waals surface area contributed by atoms with Gasteiger partial charge in [0.25, 0.3) is 0 Å². The molecule has 0 spiro atoms. The van der Waals surface area contributed by atoms with E-state index in [1.54, 1.807) is 30.2 Å². The van der Waals surface area contributed by atoms with E-state index in [0.29, 0.717) is 42.3 Å². The van der Waals surface area contributed by atoms with Crippen LogP contribution in [0.25, 0.3) is 0 Å². The van der Waals surface area contributed by atoms with Gasteiger partial charge in [0.05, 0.1) is 6.26 Å². The van der Waals surface area contributed by atoms with Crippen LogP contribution in [0.2, 0.25) is 0 Å². The quantitative estimate of drug-likeness (QED) is 0.876. The summed E-state index contributed by atoms with van der Waals surface area (Å²) < 4.78 is 10.5. The van der Waals surface area contributed by atoms with E-state index in [0.717, 1.165) is 12.8 Å². The summed E-state index contributed by atoms with van der Waals surface area (Å²) >= 11 is 0. The Bertz CT molecular complexity index is 680. The summed E-state index contributed by atoms with van der Waals surface area (Å²) in [6.45, 7) is 4.43. The third-order valence-electron chi connectivity index (χ3n) is 4.49. The van der Waals surface area contributed by atoms with Gasteiger partial charge in [-0.1, -0.05) is 12.1 Å². The predicted octanol–water partition coefficient (Wildman–Crippen LogP) is 3.26. The third kappa shape index (κ3) is 3.31. The number of aliphatic hydroxyl groups is 1. The molecule has 2 aromatic heterocycles. The standard InChI is InChI=1S/C17H23N3O4/c1-3-14-16(11(2)19-24-14)18-17(22)20-8-4-6-12(20)10-13(21)15-7-5-9-23-15/h5,7,9,12-13,21H,3-4,6,8,10H2,1-2H3,(H,18,22). The Hall–Kier alpha value is -2.28. The van der Waals surface area contributed by atoms with Crippen LogP contribution in [0.15, 0.2) is 27.3 Å². The fourth-order valence-corrected chi connectivity index (χ4v) is 3.20. The van der Waals surface area contributed by atoms with Crippen LogP contribution in [0, 0.1) is 6.92 Å². The number of nitrogens with one attached hydrogen (secondary N) is 1. The maximum atomic E-state index is 12.7. The fraction of sp³-hybridized carbons (Fsp3) is 0.529. The summed E-state index contributed by atoms with van der Waals surface area (Å²) in [4.78, 5) is 14.4. The van der Waals surface area contributed by atoms with Gasteiger partial charge in [0, 0.05) is 25.4 Å². The molecule has 0 aromatic carbocycles. The van der Waals surface area contributed by atoms with Crippen molar-refractivity contribution in [3.05, 3.63) is 35.6 Å². The number of aliphatic hydroxyl groups excluding tert-OH is 1. The molecule has 3 heterocycles. The minimum absolute atomic E-state index is 0.0182. The highest BCUT2D eigenvalue weighted by Gasteiger charge is 2.32. The van der Waals surface area contributed by atoms with Crippen molar-refractivity contribution < 1.29 is 18.8 Å². The molecule has 0 aliphatic carbocycles. The molecular formula is C17H23N3O4. The molecule has 1 aliphatic heterocycles. The molecule has 7 heteroatoms. The number of aromatic nitrogens is 1. The van der Waals surface area contributed by atoms with Crippen LogP contribution in [0.3, 0.4) is 0 Å². The minimum Gasteiger partial charge on any atom is -0.467 e. The number of carbonyl (C=O) groups excluding carboxylic acids is 1. The number of nitrogens with zero attached hydrogens (tertiary/aromatic N) is 2. The largest absolute Gasteiger partial charge is 0.467 e. The third-order valence-corrected chi connectivity index (χ3v) is 4.49. The SMILES string of the molecule is CCc1onc(C)c1NC(=O)N1CCCC1CC(O)c1ccco1. The van der Waals surface area contributed by atoms with Crippen molar-refractivity contribution in [2.24, 2.45) is 0 Å². The smallest absolute Gasteiger partial charge is 0.322 e. The predicted molar refractivity (Wildman–Crippen MR) is 87.6 cm³/mol. The number of anilines is 1. The van der Waals surface area contributed by atoms with Crippen molar-refractivity contribution in [2.75, 3.05) is 11.9 Å². The van der Waals surface area contributed by atoms with Crippen LogP contribution in [0.5, 0.6) is 0 Å². The summed E-state index contributed by atoms with van der Waals surface area (Å²) in [5.74, 6) is 1.21. The maximum Gasteiger partial charge on any atom is 0.322 e. The van der Waals surface area contributed by atoms with E-state index < -0.39 is 6.10 Å². The van der Waals surface area contributed by atoms with E-state index in [-0.39, 0.29) is 12.1 Å². The van der Waals surface area contributed by atoms with E-state index in [2.05, 4.69) is 10.5 Å². The van der Waals surface area contributed by atoms with Gasteiger partial charge in [-0.2, -0.15) is 0 Å². The molecule has 0 saturated carbocycles. The molecule has 2 amide bonds. The van der Waals surface area contributed by atoms with Gasteiger partial charge in [0.15, 0.2) is 5.76 Å². The summed E-state index contributed by atoms with van der Waals surface area (Å²) in [7, 11) is 0. The Morgan fingerprint density at radius 3 is 3.12 bits per heavy atom. The highest BCUT2D eigenvalue weighted by molar-refractivity contribution is 5.90. The van der Waals surface area contributed by atoms with Crippen molar-refractivity contribution in [3.8, 4) is 0 Å². The van der Waals surface area contributed by atoms with Crippen LogP contribution < -0.4 is 5.32 Å². The zero-order valence-electron chi connectivity index (χ0n) is 14.0. The molecule has 3 rings (SSSR count). The molecular weight excluding hydrogens is 310 g/mol. The van der Waals surface area contributed by atoms with E-state index in [9.17, 15) is 9.90 Å². The fourth-order valence-electron chi connectivity index (χ4n) is 3.20. The Morgan fingerprint density at radius 1 is 1.58 bits per heavy atom. The van der Waals surface area contributed by atoms with Crippen LogP contribution in [0.4, 0.5) is 10.5 Å². The molecule has 2 N–H and O–H groups in total. The molecule has 0 radical (unpaired) electrons. The Kier molecular flexibility index (Phi) is 4.89. The average Bonchev–Trinajstić information content (AvgIpc) is 3.29. The molecule has 2 unspecified atom stereocenters. The second kappa shape index (κ2) is 7.09. The van der Waals surface area contributed by atoms with E-state index >= 15 is 0 Å². The van der Waals surface area contributed by atoms with Crippen LogP contribution in [-0.4, -0.2) is 33.8 Å². The van der Waals surface area contributed by atoms with Gasteiger partial charge in [-0.05, 0) is 31.9 Å². The number of urea groups is 1. The average molecular weight is 333 g/mol. The van der Waals surface area contributed by atoms with Gasteiger partial charge in [0.2, 0.25) is 0 Å². The van der Waals surface area contributed by atoms with Gasteiger partial charge in [-0.3, -0.25) is 0 Å². The first-order valence-electron chi connectivity index (χ1n) is 8.34. The van der Waals surface area contributed by atoms with Gasteiger partial charge in [0.1, 0.15) is 23.2 Å². The number of rotatable bonds is 5. The minimum atomic E-state index is -0.707. The Balaban J connectivity index is 1.66. The highest BCUT2D eigenvalue weighted by atomic mass is 16.5. The summed E-state index contributed by atoms with van der Waals surface area (Å²) in [6.07, 6.45) is 3.75. The first-order chi connectivity index (χ1) is 11.6. The van der Waals surface area contributed by atoms with Crippen LogP contribution >= 0.6 is 0 Å². The topological polar surface area (TPSA) is 91.7 Å². The lowest BCUT2D eigenvalue weighted by Crippen LogP contribution is -2.39. The van der Waals surface area contributed by atoms with Crippen LogP contribution in [-0.2, 0) is 6.42 Å². The number of hydrogen-bond acceptors (Lipinski definition) is 5. The molecule has 2 aromatic rings. The normalized spacial score (nSPS) is 18.8. The summed E-state index contributed by atoms with van der Waals surface area (Å²) in [5, 5.41) is 17.1. The number of hydrogen-bond donors (Lipinski definition) is 2. The second-order valence-corrected chi connectivity index (χ2v) is 6.11. The number of likely N-dealkylation sites (tertiary alicyclic amines) is 1. The first kappa shape index (κ1) is 16.6. The van der Waals surface area contributed by atoms with E-state index in [1.165, 1.54) is 0 Å². The van der Waals surface area contributed by atoms with E-state index in [1.807, 2.05) is 6.92 Å². The molecule has 0 bridgehead atoms. The zero-order chi connectivity index (χ0) is 17.1. The van der Waals surface area contributed by atoms with Gasteiger partial charge in [-0.25, -0.2) is 4.79 Å². The molecule has 1 fully saturated rings. The number of carbonyl (C=O) groups is 1. The van der Waals surface area contributed by atoms with Gasteiger partial charge in [-0.15, -0.1) is 0 Å². The molecule has 130 valence electrons.